The van der Waals surface area contributed by atoms with Crippen molar-refractivity contribution in [3.05, 3.63) is 81.5 Å². The van der Waals surface area contributed by atoms with Gasteiger partial charge in [0.15, 0.2) is 0 Å². The molecule has 0 unspecified atom stereocenters. The molecule has 0 aliphatic carbocycles. The van der Waals surface area contributed by atoms with E-state index in [9.17, 15) is 9.18 Å². The Balaban J connectivity index is 1.36. The molecule has 3 heterocycles. The van der Waals surface area contributed by atoms with Gasteiger partial charge < -0.3 is 9.88 Å². The van der Waals surface area contributed by atoms with Crippen LogP contribution in [0.1, 0.15) is 16.8 Å². The molecule has 5 nitrogen and oxygen atoms in total. The van der Waals surface area contributed by atoms with Crippen molar-refractivity contribution >= 4 is 40.0 Å². The van der Waals surface area contributed by atoms with Crippen molar-refractivity contribution in [2.75, 3.05) is 6.54 Å². The normalized spacial score (nSPS) is 13.6. The predicted octanol–water partition coefficient (Wildman–Crippen LogP) is 4.93. The van der Waals surface area contributed by atoms with E-state index < -0.39 is 0 Å². The van der Waals surface area contributed by atoms with E-state index in [1.54, 1.807) is 30.6 Å². The highest BCUT2D eigenvalue weighted by Crippen LogP contribution is 2.29. The molecule has 0 saturated carbocycles. The van der Waals surface area contributed by atoms with Crippen LogP contribution in [0.2, 0.25) is 10.0 Å². The summed E-state index contributed by atoms with van der Waals surface area (Å²) in [5, 5.41) is 6.32. The molecule has 1 aliphatic heterocycles. The second kappa shape index (κ2) is 7.45. The lowest BCUT2D eigenvalue weighted by Gasteiger charge is -2.27. The second-order valence-electron chi connectivity index (χ2n) is 7.37. The van der Waals surface area contributed by atoms with Crippen molar-refractivity contribution < 1.29 is 9.18 Å². The maximum atomic E-state index is 13.6. The number of H-pyrrole nitrogens is 1. The van der Waals surface area contributed by atoms with Gasteiger partial charge in [-0.2, -0.15) is 5.10 Å². The lowest BCUT2D eigenvalue weighted by molar-refractivity contribution is -0.131. The molecule has 2 aromatic carbocycles. The van der Waals surface area contributed by atoms with E-state index in [1.165, 1.54) is 12.1 Å². The van der Waals surface area contributed by atoms with Gasteiger partial charge in [0.05, 0.1) is 29.0 Å². The Bertz CT molecular complexity index is 1280. The predicted molar refractivity (Wildman–Crippen MR) is 115 cm³/mol. The molecule has 30 heavy (non-hydrogen) atoms. The lowest BCUT2D eigenvalue weighted by atomic mass is 10.1. The molecule has 0 atom stereocenters. The zero-order chi connectivity index (χ0) is 20.8. The molecule has 1 N–H and O–H groups in total. The monoisotopic (exact) mass is 442 g/mol. The molecule has 5 rings (SSSR count). The topological polar surface area (TPSA) is 53.9 Å². The van der Waals surface area contributed by atoms with Crippen molar-refractivity contribution in [1.29, 1.82) is 0 Å². The number of fused-ring (bicyclic) bond motifs is 2. The first-order valence-corrected chi connectivity index (χ1v) is 10.3. The maximum Gasteiger partial charge on any atom is 0.227 e. The van der Waals surface area contributed by atoms with Crippen LogP contribution in [0.5, 0.6) is 0 Å². The Kier molecular flexibility index (Phi) is 4.76. The zero-order valence-corrected chi connectivity index (χ0v) is 17.3. The van der Waals surface area contributed by atoms with Crippen LogP contribution in [0.25, 0.3) is 16.6 Å². The van der Waals surface area contributed by atoms with Crippen molar-refractivity contribution in [1.82, 2.24) is 19.7 Å². The van der Waals surface area contributed by atoms with Crippen LogP contribution in [-0.4, -0.2) is 32.1 Å². The van der Waals surface area contributed by atoms with Crippen molar-refractivity contribution in [2.24, 2.45) is 0 Å². The number of aromatic nitrogens is 3. The van der Waals surface area contributed by atoms with Crippen LogP contribution in [0, 0.1) is 5.82 Å². The number of hydrogen-bond acceptors (Lipinski definition) is 2. The van der Waals surface area contributed by atoms with Crippen LogP contribution < -0.4 is 0 Å². The van der Waals surface area contributed by atoms with Crippen LogP contribution in [0.15, 0.2) is 48.8 Å². The van der Waals surface area contributed by atoms with Gasteiger partial charge in [0.25, 0.3) is 0 Å². The number of aromatic amines is 1. The summed E-state index contributed by atoms with van der Waals surface area (Å²) in [5.41, 5.74) is 4.41. The molecule has 1 amide bonds. The Morgan fingerprint density at radius 1 is 1.20 bits per heavy atom. The van der Waals surface area contributed by atoms with Gasteiger partial charge in [-0.15, -0.1) is 0 Å². The Labute approximate surface area is 182 Å². The van der Waals surface area contributed by atoms with Gasteiger partial charge in [-0.3, -0.25) is 4.79 Å². The van der Waals surface area contributed by atoms with E-state index in [0.29, 0.717) is 29.6 Å². The van der Waals surface area contributed by atoms with E-state index in [2.05, 4.69) is 10.1 Å². The number of hydrogen-bond donors (Lipinski definition) is 1. The van der Waals surface area contributed by atoms with E-state index in [4.69, 9.17) is 23.2 Å². The molecule has 0 saturated heterocycles. The number of nitrogens with zero attached hydrogens (tertiary/aromatic N) is 3. The number of carbonyl (C=O) groups is 1. The molecular weight excluding hydrogens is 426 g/mol. The summed E-state index contributed by atoms with van der Waals surface area (Å²) >= 11 is 12.3. The molecule has 4 aromatic rings. The summed E-state index contributed by atoms with van der Waals surface area (Å²) in [4.78, 5) is 17.8. The number of nitrogens with one attached hydrogen (secondary N) is 1. The highest BCUT2D eigenvalue weighted by Gasteiger charge is 2.25. The first-order chi connectivity index (χ1) is 14.5. The summed E-state index contributed by atoms with van der Waals surface area (Å²) in [6.45, 7) is 1.07. The summed E-state index contributed by atoms with van der Waals surface area (Å²) < 4.78 is 15.4. The average molecular weight is 443 g/mol. The maximum absolute atomic E-state index is 13.6. The van der Waals surface area contributed by atoms with Gasteiger partial charge in [0.2, 0.25) is 5.91 Å². The average Bonchev–Trinajstić information content (AvgIpc) is 3.32. The van der Waals surface area contributed by atoms with Crippen LogP contribution in [0.3, 0.4) is 0 Å². The summed E-state index contributed by atoms with van der Waals surface area (Å²) in [6.07, 6.45) is 4.44. The second-order valence-corrected chi connectivity index (χ2v) is 8.21. The third-order valence-electron chi connectivity index (χ3n) is 5.50. The summed E-state index contributed by atoms with van der Waals surface area (Å²) in [5.74, 6) is -0.310. The van der Waals surface area contributed by atoms with Crippen molar-refractivity contribution in [3.63, 3.8) is 0 Å². The Morgan fingerprint density at radius 2 is 2.07 bits per heavy atom. The Morgan fingerprint density at radius 3 is 2.90 bits per heavy atom. The van der Waals surface area contributed by atoms with Crippen LogP contribution >= 0.6 is 23.2 Å². The largest absolute Gasteiger partial charge is 0.361 e. The fraction of sp³-hybridized carbons (Fsp3) is 0.182. The number of benzene rings is 2. The molecule has 8 heteroatoms. The third-order valence-corrected chi connectivity index (χ3v) is 6.03. The molecule has 0 spiro atoms. The van der Waals surface area contributed by atoms with E-state index >= 15 is 0 Å². The fourth-order valence-corrected chi connectivity index (χ4v) is 4.47. The smallest absolute Gasteiger partial charge is 0.227 e. The minimum absolute atomic E-state index is 0.00286. The van der Waals surface area contributed by atoms with Gasteiger partial charge in [-0.05, 0) is 42.0 Å². The molecular formula is C22H17Cl2FN4O. The standard InChI is InChI=1S/C22H17Cl2FN4O/c23-15-1-4-21(18(24)8-15)29-20-5-6-28(12-14(20)11-27-29)22(30)7-13-10-26-19-3-2-16(25)9-17(13)19/h1-4,8-11,26H,5-7,12H2. The minimum atomic E-state index is -0.313. The van der Waals surface area contributed by atoms with E-state index in [0.717, 1.165) is 33.4 Å². The molecule has 2 aromatic heterocycles. The SMILES string of the molecule is O=C(Cc1c[nH]c2ccc(F)cc12)N1CCc2c(cnn2-c2ccc(Cl)cc2Cl)C1. The summed E-state index contributed by atoms with van der Waals surface area (Å²) in [6, 6.07) is 9.85. The number of rotatable bonds is 3. The Hall–Kier alpha value is -2.83. The molecule has 0 bridgehead atoms. The summed E-state index contributed by atoms with van der Waals surface area (Å²) in [7, 11) is 0. The van der Waals surface area contributed by atoms with Crippen LogP contribution in [0.4, 0.5) is 4.39 Å². The fourth-order valence-electron chi connectivity index (χ4n) is 3.98. The van der Waals surface area contributed by atoms with E-state index in [1.807, 2.05) is 15.6 Å². The lowest BCUT2D eigenvalue weighted by Crippen LogP contribution is -2.37. The van der Waals surface area contributed by atoms with Crippen molar-refractivity contribution in [3.8, 4) is 5.69 Å². The quantitative estimate of drug-likeness (QED) is 0.489. The first kappa shape index (κ1) is 19.2. The number of halogens is 3. The highest BCUT2D eigenvalue weighted by molar-refractivity contribution is 6.35. The van der Waals surface area contributed by atoms with Crippen molar-refractivity contribution in [2.45, 2.75) is 19.4 Å². The molecule has 0 radical (unpaired) electrons. The van der Waals surface area contributed by atoms with Crippen LogP contribution in [-0.2, 0) is 24.2 Å². The number of amides is 1. The van der Waals surface area contributed by atoms with Gasteiger partial charge in [-0.25, -0.2) is 9.07 Å². The number of carbonyl (C=O) groups excluding carboxylic acids is 1. The van der Waals surface area contributed by atoms with Gasteiger partial charge >= 0.3 is 0 Å². The minimum Gasteiger partial charge on any atom is -0.361 e. The zero-order valence-electron chi connectivity index (χ0n) is 15.8. The van der Waals surface area contributed by atoms with Gasteiger partial charge in [0, 0.05) is 47.2 Å². The molecule has 1 aliphatic rings. The van der Waals surface area contributed by atoms with E-state index in [-0.39, 0.29) is 18.1 Å². The third kappa shape index (κ3) is 3.36. The molecule has 152 valence electrons. The molecule has 0 fully saturated rings. The highest BCUT2D eigenvalue weighted by atomic mass is 35.5. The first-order valence-electron chi connectivity index (χ1n) is 9.54. The van der Waals surface area contributed by atoms with Gasteiger partial charge in [-0.1, -0.05) is 23.2 Å². The van der Waals surface area contributed by atoms with Gasteiger partial charge in [0.1, 0.15) is 5.82 Å².